The van der Waals surface area contributed by atoms with Crippen molar-refractivity contribution in [3.05, 3.63) is 0 Å². The lowest BCUT2D eigenvalue weighted by Gasteiger charge is -2.34. The van der Waals surface area contributed by atoms with Gasteiger partial charge in [0.05, 0.1) is 13.2 Å². The zero-order valence-corrected chi connectivity index (χ0v) is 13.5. The highest BCUT2D eigenvalue weighted by Gasteiger charge is 2.24. The Morgan fingerprint density at radius 2 is 1.85 bits per heavy atom. The third-order valence-corrected chi connectivity index (χ3v) is 3.34. The molecular weight excluding hydrogens is 280 g/mol. The summed E-state index contributed by atoms with van der Waals surface area (Å²) in [4.78, 5) is 14.2. The van der Waals surface area contributed by atoms with Crippen LogP contribution in [0, 0.1) is 0 Å². The average molecular weight is 309 g/mol. The lowest BCUT2D eigenvalue weighted by molar-refractivity contribution is -0.139. The molecule has 6 heteroatoms. The van der Waals surface area contributed by atoms with Crippen molar-refractivity contribution in [2.45, 2.75) is 39.2 Å². The van der Waals surface area contributed by atoms with Crippen molar-refractivity contribution in [2.24, 2.45) is 0 Å². The van der Waals surface area contributed by atoms with Crippen molar-refractivity contribution in [3.8, 4) is 0 Å². The van der Waals surface area contributed by atoms with Crippen molar-refractivity contribution in [2.75, 3.05) is 46.1 Å². The number of hydrogen-bond acceptors (Lipinski definition) is 4. The summed E-state index contributed by atoms with van der Waals surface area (Å²) in [5.74, 6) is 0.116. The molecule has 5 nitrogen and oxygen atoms in total. The maximum Gasteiger partial charge on any atom is 0.248 e. The van der Waals surface area contributed by atoms with E-state index in [-0.39, 0.29) is 24.9 Å². The molecule has 1 saturated heterocycles. The van der Waals surface area contributed by atoms with Crippen LogP contribution >= 0.6 is 12.4 Å². The van der Waals surface area contributed by atoms with E-state index in [0.29, 0.717) is 25.9 Å². The summed E-state index contributed by atoms with van der Waals surface area (Å²) in [6.45, 7) is 8.82. The van der Waals surface area contributed by atoms with E-state index in [1.54, 1.807) is 0 Å². The smallest absolute Gasteiger partial charge is 0.248 e. The Kier molecular flexibility index (Phi) is 12.2. The first kappa shape index (κ1) is 19.6. The number of carbonyl (C=O) groups is 1. The summed E-state index contributed by atoms with van der Waals surface area (Å²) in [7, 11) is 0. The Balaban J connectivity index is 0.00000361. The lowest BCUT2D eigenvalue weighted by Crippen LogP contribution is -2.47. The summed E-state index contributed by atoms with van der Waals surface area (Å²) in [6.07, 6.45) is 3.09. The zero-order valence-electron chi connectivity index (χ0n) is 12.7. The fourth-order valence-electron chi connectivity index (χ4n) is 2.37. The van der Waals surface area contributed by atoms with Gasteiger partial charge in [-0.25, -0.2) is 0 Å². The molecule has 0 saturated carbocycles. The number of halogens is 1. The molecule has 1 amide bonds. The lowest BCUT2D eigenvalue weighted by atomic mass is 10.0. The first-order valence-corrected chi connectivity index (χ1v) is 7.45. The van der Waals surface area contributed by atoms with Crippen molar-refractivity contribution in [1.82, 2.24) is 10.2 Å². The number of hydrogen-bond donors (Lipinski definition) is 1. The highest BCUT2D eigenvalue weighted by molar-refractivity contribution is 5.85. The minimum absolute atomic E-state index is 0. The third-order valence-electron chi connectivity index (χ3n) is 3.34. The van der Waals surface area contributed by atoms with Crippen LogP contribution in [0.25, 0.3) is 0 Å². The summed E-state index contributed by atoms with van der Waals surface area (Å²) in [5.41, 5.74) is 0. The molecule has 0 unspecified atom stereocenters. The van der Waals surface area contributed by atoms with Gasteiger partial charge in [-0.1, -0.05) is 6.92 Å². The van der Waals surface area contributed by atoms with Gasteiger partial charge in [0.2, 0.25) is 5.91 Å². The van der Waals surface area contributed by atoms with Gasteiger partial charge in [-0.05, 0) is 39.3 Å². The maximum atomic E-state index is 12.2. The quantitative estimate of drug-likeness (QED) is 0.655. The van der Waals surface area contributed by atoms with Crippen LogP contribution in [-0.2, 0) is 14.3 Å². The number of piperidine rings is 1. The van der Waals surface area contributed by atoms with E-state index in [2.05, 4.69) is 12.2 Å². The van der Waals surface area contributed by atoms with Gasteiger partial charge in [0.15, 0.2) is 0 Å². The number of rotatable bonds is 9. The minimum atomic E-state index is 0. The second-order valence-corrected chi connectivity index (χ2v) is 4.82. The molecule has 0 aromatic heterocycles. The molecule has 1 rings (SSSR count). The second-order valence-electron chi connectivity index (χ2n) is 4.82. The number of carbonyl (C=O) groups excluding carboxylic acids is 1. The molecule has 1 heterocycles. The highest BCUT2D eigenvalue weighted by atomic mass is 35.5. The molecule has 1 N–H and O–H groups in total. The number of amides is 1. The maximum absolute atomic E-state index is 12.2. The SMILES string of the molecule is CCCN(C(=O)COCCOCC)C1CCNCC1.Cl. The van der Waals surface area contributed by atoms with E-state index in [1.807, 2.05) is 11.8 Å². The van der Waals surface area contributed by atoms with Crippen LogP contribution in [0.5, 0.6) is 0 Å². The summed E-state index contributed by atoms with van der Waals surface area (Å²) in [5, 5.41) is 3.33. The molecule has 0 radical (unpaired) electrons. The van der Waals surface area contributed by atoms with Gasteiger partial charge in [0.25, 0.3) is 0 Å². The third kappa shape index (κ3) is 7.43. The van der Waals surface area contributed by atoms with Crippen LogP contribution < -0.4 is 5.32 Å². The molecule has 0 bridgehead atoms. The number of nitrogens with zero attached hydrogens (tertiary/aromatic N) is 1. The molecule has 0 atom stereocenters. The fourth-order valence-corrected chi connectivity index (χ4v) is 2.37. The Morgan fingerprint density at radius 3 is 2.45 bits per heavy atom. The normalized spacial score (nSPS) is 15.7. The summed E-state index contributed by atoms with van der Waals surface area (Å²) >= 11 is 0. The van der Waals surface area contributed by atoms with Crippen molar-refractivity contribution >= 4 is 18.3 Å². The van der Waals surface area contributed by atoms with Crippen LogP contribution in [-0.4, -0.2) is 62.9 Å². The molecule has 120 valence electrons. The van der Waals surface area contributed by atoms with Crippen LogP contribution in [0.1, 0.15) is 33.1 Å². The largest absolute Gasteiger partial charge is 0.379 e. The monoisotopic (exact) mass is 308 g/mol. The highest BCUT2D eigenvalue weighted by Crippen LogP contribution is 2.12. The van der Waals surface area contributed by atoms with Crippen LogP contribution in [0.4, 0.5) is 0 Å². The average Bonchev–Trinajstić information content (AvgIpc) is 2.45. The minimum Gasteiger partial charge on any atom is -0.379 e. The van der Waals surface area contributed by atoms with Gasteiger partial charge in [0.1, 0.15) is 6.61 Å². The van der Waals surface area contributed by atoms with Crippen LogP contribution in [0.3, 0.4) is 0 Å². The Morgan fingerprint density at radius 1 is 1.20 bits per heavy atom. The van der Waals surface area contributed by atoms with Crippen molar-refractivity contribution in [3.63, 3.8) is 0 Å². The molecule has 1 aliphatic rings. The number of ether oxygens (including phenoxy) is 2. The summed E-state index contributed by atoms with van der Waals surface area (Å²) in [6, 6.07) is 0.379. The summed E-state index contributed by atoms with van der Waals surface area (Å²) < 4.78 is 10.6. The molecule has 20 heavy (non-hydrogen) atoms. The van der Waals surface area contributed by atoms with E-state index in [0.717, 1.165) is 38.9 Å². The number of nitrogens with one attached hydrogen (secondary N) is 1. The van der Waals surface area contributed by atoms with E-state index in [1.165, 1.54) is 0 Å². The van der Waals surface area contributed by atoms with Gasteiger partial charge >= 0.3 is 0 Å². The predicted octanol–water partition coefficient (Wildman–Crippen LogP) is 1.45. The van der Waals surface area contributed by atoms with Gasteiger partial charge in [-0.15, -0.1) is 12.4 Å². The Hall–Kier alpha value is -0.360. The van der Waals surface area contributed by atoms with Gasteiger partial charge in [-0.3, -0.25) is 4.79 Å². The van der Waals surface area contributed by atoms with E-state index in [4.69, 9.17) is 9.47 Å². The molecule has 0 aromatic carbocycles. The predicted molar refractivity (Wildman–Crippen MR) is 82.5 cm³/mol. The zero-order chi connectivity index (χ0) is 13.9. The van der Waals surface area contributed by atoms with Gasteiger partial charge in [-0.2, -0.15) is 0 Å². The molecular formula is C14H29ClN2O3. The second kappa shape index (κ2) is 12.4. The first-order chi connectivity index (χ1) is 9.29. The standard InChI is InChI=1S/C14H28N2O3.ClH/c1-3-9-16(13-5-7-15-8-6-13)14(17)12-19-11-10-18-4-2;/h13,15H,3-12H2,1-2H3;1H. The molecule has 0 aliphatic carbocycles. The van der Waals surface area contributed by atoms with Gasteiger partial charge in [0, 0.05) is 19.2 Å². The fraction of sp³-hybridized carbons (Fsp3) is 0.929. The van der Waals surface area contributed by atoms with Crippen LogP contribution in [0.15, 0.2) is 0 Å². The molecule has 1 aliphatic heterocycles. The molecule has 0 spiro atoms. The Bertz CT molecular complexity index is 249. The van der Waals surface area contributed by atoms with Crippen molar-refractivity contribution in [1.29, 1.82) is 0 Å². The van der Waals surface area contributed by atoms with Gasteiger partial charge < -0.3 is 19.7 Å². The first-order valence-electron chi connectivity index (χ1n) is 7.45. The van der Waals surface area contributed by atoms with E-state index in [9.17, 15) is 4.79 Å². The van der Waals surface area contributed by atoms with E-state index < -0.39 is 0 Å². The topological polar surface area (TPSA) is 50.8 Å². The Labute approximate surface area is 128 Å². The molecule has 0 aromatic rings. The molecule has 1 fully saturated rings. The van der Waals surface area contributed by atoms with Crippen molar-refractivity contribution < 1.29 is 14.3 Å². The van der Waals surface area contributed by atoms with Crippen LogP contribution in [0.2, 0.25) is 0 Å². The van der Waals surface area contributed by atoms with E-state index >= 15 is 0 Å².